The molecule has 0 aromatic heterocycles. The molecule has 1 fully saturated rings. The topological polar surface area (TPSA) is 89.5 Å². The number of hydrogen-bond donors (Lipinski definition) is 0. The molecule has 1 aromatic rings. The van der Waals surface area contributed by atoms with Crippen molar-refractivity contribution in [2.75, 3.05) is 40.3 Å². The smallest absolute Gasteiger partial charge is 0.338 e. The molecule has 0 spiro atoms. The molecule has 0 unspecified atom stereocenters. The number of carbonyl (C=O) groups is 2. The highest BCUT2D eigenvalue weighted by atomic mass is 16.7. The van der Waals surface area contributed by atoms with E-state index >= 15 is 0 Å². The summed E-state index contributed by atoms with van der Waals surface area (Å²) in [5, 5.41) is 0. The summed E-state index contributed by atoms with van der Waals surface area (Å²) in [6, 6.07) is 8.52. The molecule has 2 rings (SSSR count). The quantitative estimate of drug-likeness (QED) is 0.164. The largest absolute Gasteiger partial charge is 0.455 e. The number of esters is 1. The lowest BCUT2D eigenvalue weighted by Gasteiger charge is -2.30. The van der Waals surface area contributed by atoms with Crippen molar-refractivity contribution < 1.29 is 38.0 Å². The maximum atomic E-state index is 12.5. The van der Waals surface area contributed by atoms with Crippen molar-refractivity contribution in [1.29, 1.82) is 0 Å². The van der Waals surface area contributed by atoms with Crippen LogP contribution in [0.2, 0.25) is 0 Å². The maximum Gasteiger partial charge on any atom is 0.338 e. The molecule has 1 saturated heterocycles. The van der Waals surface area contributed by atoms with E-state index < -0.39 is 24.0 Å². The average Bonchev–Trinajstić information content (AvgIpc) is 3.20. The van der Waals surface area contributed by atoms with Crippen molar-refractivity contribution >= 4 is 12.3 Å². The van der Waals surface area contributed by atoms with Gasteiger partial charge in [-0.15, -0.1) is 6.58 Å². The number of hydrogen-bond acceptors (Lipinski definition) is 8. The highest BCUT2D eigenvalue weighted by Crippen LogP contribution is 2.27. The molecule has 1 heterocycles. The van der Waals surface area contributed by atoms with E-state index in [0.717, 1.165) is 0 Å². The van der Waals surface area contributed by atoms with E-state index in [1.807, 2.05) is 0 Å². The molecule has 0 N–H and O–H groups in total. The summed E-state index contributed by atoms with van der Waals surface area (Å²) in [4.78, 5) is 24.1. The van der Waals surface area contributed by atoms with E-state index in [4.69, 9.17) is 28.4 Å². The van der Waals surface area contributed by atoms with E-state index in [1.165, 1.54) is 6.08 Å². The number of methoxy groups -OCH3 is 1. The van der Waals surface area contributed by atoms with Gasteiger partial charge < -0.3 is 28.4 Å². The Hall–Kier alpha value is -2.10. The van der Waals surface area contributed by atoms with Crippen molar-refractivity contribution in [3.05, 3.63) is 48.6 Å². The Morgan fingerprint density at radius 1 is 1.25 bits per heavy atom. The fourth-order valence-electron chi connectivity index (χ4n) is 2.64. The highest BCUT2D eigenvalue weighted by molar-refractivity contribution is 5.89. The van der Waals surface area contributed by atoms with E-state index in [2.05, 4.69) is 6.58 Å². The third kappa shape index (κ3) is 6.50. The standard InChI is InChI=1S/C20H26O8/c1-3-17(25-15-24-10-9-23-2)18(13-20(14-21)26-11-12-27-20)28-19(22)16-7-5-4-6-8-16/h3-8,14,17-18H,1,9-13,15H2,2H3/t17-,18-/m1/s1. The van der Waals surface area contributed by atoms with Gasteiger partial charge in [0.25, 0.3) is 0 Å². The molecule has 1 aliphatic rings. The minimum Gasteiger partial charge on any atom is -0.455 e. The van der Waals surface area contributed by atoms with Crippen LogP contribution in [0.3, 0.4) is 0 Å². The van der Waals surface area contributed by atoms with Crippen LogP contribution in [0.15, 0.2) is 43.0 Å². The van der Waals surface area contributed by atoms with Gasteiger partial charge in [0, 0.05) is 13.5 Å². The number of benzene rings is 1. The van der Waals surface area contributed by atoms with Gasteiger partial charge in [-0.3, -0.25) is 4.79 Å². The van der Waals surface area contributed by atoms with Gasteiger partial charge in [0.1, 0.15) is 19.0 Å². The zero-order valence-electron chi connectivity index (χ0n) is 15.9. The summed E-state index contributed by atoms with van der Waals surface area (Å²) in [6.45, 7) is 4.99. The van der Waals surface area contributed by atoms with Gasteiger partial charge in [-0.25, -0.2) is 4.79 Å². The van der Waals surface area contributed by atoms with Gasteiger partial charge >= 0.3 is 5.97 Å². The molecule has 2 atom stereocenters. The molecule has 28 heavy (non-hydrogen) atoms. The molecular weight excluding hydrogens is 368 g/mol. The van der Waals surface area contributed by atoms with Crippen LogP contribution in [-0.2, 0) is 33.2 Å². The summed E-state index contributed by atoms with van der Waals surface area (Å²) < 4.78 is 32.3. The second-order valence-corrected chi connectivity index (χ2v) is 6.03. The van der Waals surface area contributed by atoms with Crippen molar-refractivity contribution in [3.8, 4) is 0 Å². The fraction of sp³-hybridized carbons (Fsp3) is 0.500. The molecule has 0 aliphatic carbocycles. The second-order valence-electron chi connectivity index (χ2n) is 6.03. The van der Waals surface area contributed by atoms with Gasteiger partial charge in [0.15, 0.2) is 6.29 Å². The molecule has 0 radical (unpaired) electrons. The first-order chi connectivity index (χ1) is 13.6. The van der Waals surface area contributed by atoms with Crippen LogP contribution in [0.4, 0.5) is 0 Å². The predicted octanol–water partition coefficient (Wildman–Crippen LogP) is 1.74. The van der Waals surface area contributed by atoms with Gasteiger partial charge in [0.05, 0.1) is 32.0 Å². The van der Waals surface area contributed by atoms with E-state index in [-0.39, 0.29) is 26.4 Å². The van der Waals surface area contributed by atoms with E-state index in [9.17, 15) is 9.59 Å². The Bertz CT molecular complexity index is 612. The van der Waals surface area contributed by atoms with Crippen molar-refractivity contribution in [2.45, 2.75) is 24.4 Å². The van der Waals surface area contributed by atoms with Gasteiger partial charge in [-0.2, -0.15) is 0 Å². The maximum absolute atomic E-state index is 12.5. The Morgan fingerprint density at radius 3 is 2.57 bits per heavy atom. The summed E-state index contributed by atoms with van der Waals surface area (Å²) in [5.41, 5.74) is 0.375. The third-order valence-electron chi connectivity index (χ3n) is 4.08. The van der Waals surface area contributed by atoms with Crippen LogP contribution >= 0.6 is 0 Å². The van der Waals surface area contributed by atoms with Crippen molar-refractivity contribution in [3.63, 3.8) is 0 Å². The number of rotatable bonds is 13. The van der Waals surface area contributed by atoms with Crippen LogP contribution in [-0.4, -0.2) is 70.6 Å². The second kappa shape index (κ2) is 11.7. The van der Waals surface area contributed by atoms with Crippen molar-refractivity contribution in [1.82, 2.24) is 0 Å². The fourth-order valence-corrected chi connectivity index (χ4v) is 2.64. The van der Waals surface area contributed by atoms with Gasteiger partial charge in [-0.05, 0) is 12.1 Å². The normalized spacial score (nSPS) is 17.6. The molecule has 1 aliphatic heterocycles. The predicted molar refractivity (Wildman–Crippen MR) is 98.7 cm³/mol. The highest BCUT2D eigenvalue weighted by Gasteiger charge is 2.42. The van der Waals surface area contributed by atoms with Gasteiger partial charge in [0.2, 0.25) is 5.79 Å². The Kier molecular flexibility index (Phi) is 9.26. The Morgan fingerprint density at radius 2 is 1.96 bits per heavy atom. The monoisotopic (exact) mass is 394 g/mol. The molecule has 8 nitrogen and oxygen atoms in total. The number of ether oxygens (including phenoxy) is 6. The van der Waals surface area contributed by atoms with Crippen LogP contribution in [0.25, 0.3) is 0 Å². The molecule has 0 amide bonds. The van der Waals surface area contributed by atoms with Gasteiger partial charge in [-0.1, -0.05) is 24.3 Å². The first kappa shape index (κ1) is 22.2. The summed E-state index contributed by atoms with van der Waals surface area (Å²) in [7, 11) is 1.57. The molecule has 8 heteroatoms. The minimum atomic E-state index is -1.48. The van der Waals surface area contributed by atoms with Crippen LogP contribution < -0.4 is 0 Å². The molecule has 0 saturated carbocycles. The first-order valence-corrected chi connectivity index (χ1v) is 8.95. The van der Waals surface area contributed by atoms with Crippen LogP contribution in [0.1, 0.15) is 16.8 Å². The van der Waals surface area contributed by atoms with Crippen LogP contribution in [0, 0.1) is 0 Å². The molecule has 154 valence electrons. The average molecular weight is 394 g/mol. The van der Waals surface area contributed by atoms with Crippen LogP contribution in [0.5, 0.6) is 0 Å². The third-order valence-corrected chi connectivity index (χ3v) is 4.08. The lowest BCUT2D eigenvalue weighted by Crippen LogP contribution is -2.43. The lowest BCUT2D eigenvalue weighted by molar-refractivity contribution is -0.187. The summed E-state index contributed by atoms with van der Waals surface area (Å²) in [5.74, 6) is -2.04. The molecule has 1 aromatic carbocycles. The number of carbonyl (C=O) groups excluding carboxylic acids is 2. The molecular formula is C20H26O8. The zero-order chi connectivity index (χ0) is 20.2. The van der Waals surface area contributed by atoms with E-state index in [1.54, 1.807) is 37.4 Å². The Balaban J connectivity index is 2.08. The van der Waals surface area contributed by atoms with E-state index in [0.29, 0.717) is 25.1 Å². The Labute approximate surface area is 164 Å². The zero-order valence-corrected chi connectivity index (χ0v) is 15.9. The lowest BCUT2D eigenvalue weighted by atomic mass is 10.0. The number of aldehydes is 1. The summed E-state index contributed by atoms with van der Waals surface area (Å²) >= 11 is 0. The summed E-state index contributed by atoms with van der Waals surface area (Å²) in [6.07, 6.45) is 0.401. The first-order valence-electron chi connectivity index (χ1n) is 8.95. The minimum absolute atomic E-state index is 0.0379. The van der Waals surface area contributed by atoms with Crippen molar-refractivity contribution in [2.24, 2.45) is 0 Å². The SMILES string of the molecule is C=C[C@@H](OCOCCOC)[C@@H](CC1(C=O)OCCO1)OC(=O)c1ccccc1. The molecule has 0 bridgehead atoms.